The summed E-state index contributed by atoms with van der Waals surface area (Å²) in [5.41, 5.74) is 3.92. The number of ether oxygens (including phenoxy) is 3. The van der Waals surface area contributed by atoms with E-state index in [1.165, 1.54) is 6.42 Å². The minimum absolute atomic E-state index is 0.0453. The molecule has 0 unspecified atom stereocenters. The lowest BCUT2D eigenvalue weighted by Gasteiger charge is -2.70. The van der Waals surface area contributed by atoms with Gasteiger partial charge in [0, 0.05) is 47.6 Å². The molecule has 53 heavy (non-hydrogen) atoms. The number of hydrogen-bond acceptors (Lipinski definition) is 9. The van der Waals surface area contributed by atoms with Crippen molar-refractivity contribution in [3.8, 4) is 0 Å². The smallest absolute Gasteiger partial charge is 0.408 e. The summed E-state index contributed by atoms with van der Waals surface area (Å²) >= 11 is 1.62. The van der Waals surface area contributed by atoms with Crippen LogP contribution >= 0.6 is 11.8 Å². The number of nitrogens with two attached hydrogens (primary N) is 1. The number of methoxy groups -OCH3 is 1. The van der Waals surface area contributed by atoms with Gasteiger partial charge >= 0.3 is 12.1 Å². The normalized spacial score (nSPS) is 36.9. The summed E-state index contributed by atoms with van der Waals surface area (Å²) in [7, 11) is 1.85. The molecular weight excluding hydrogens is 691 g/mol. The molecule has 0 aromatic rings. The van der Waals surface area contributed by atoms with Crippen LogP contribution in [0, 0.1) is 39.4 Å². The monoisotopic (exact) mass is 762 g/mol. The Morgan fingerprint density at radius 1 is 0.962 bits per heavy atom. The van der Waals surface area contributed by atoms with Gasteiger partial charge in [0.1, 0.15) is 24.0 Å². The fraction of sp³-hybridized carbons (Fsp3) is 0.905. The van der Waals surface area contributed by atoms with E-state index in [4.69, 9.17) is 19.9 Å². The first-order chi connectivity index (χ1) is 25.0. The number of nitrogens with zero attached hydrogens (tertiary/aromatic N) is 1. The van der Waals surface area contributed by atoms with Crippen LogP contribution < -0.4 is 11.1 Å². The number of carbonyl (C=O) groups excluding carboxylic acids is 4. The number of unbranched alkanes of at least 4 members (excludes halogenated alkanes) is 5. The Bertz CT molecular complexity index is 1330. The number of ketones is 1. The first-order valence-electron chi connectivity index (χ1n) is 20.8. The molecule has 9 atom stereocenters. The molecule has 0 radical (unpaired) electrons. The number of thioether (sulfide) groups is 1. The molecule has 302 valence electrons. The van der Waals surface area contributed by atoms with Crippen LogP contribution in [0.15, 0.2) is 0 Å². The van der Waals surface area contributed by atoms with Crippen molar-refractivity contribution in [2.45, 2.75) is 161 Å². The largest absolute Gasteiger partial charge is 0.461 e. The third-order valence-electron chi connectivity index (χ3n) is 14.9. The maximum atomic E-state index is 14.9. The third kappa shape index (κ3) is 7.92. The van der Waals surface area contributed by atoms with Gasteiger partial charge in [-0.25, -0.2) is 4.79 Å². The van der Waals surface area contributed by atoms with E-state index in [2.05, 4.69) is 33.0 Å². The molecule has 2 amide bonds. The molecule has 1 heterocycles. The Morgan fingerprint density at radius 2 is 1.62 bits per heavy atom. The van der Waals surface area contributed by atoms with Crippen LogP contribution in [-0.4, -0.2) is 90.8 Å². The van der Waals surface area contributed by atoms with E-state index in [0.717, 1.165) is 83.6 Å². The van der Waals surface area contributed by atoms with E-state index < -0.39 is 17.1 Å². The molecule has 5 aliphatic rings. The van der Waals surface area contributed by atoms with Crippen LogP contribution in [0.1, 0.15) is 138 Å². The van der Waals surface area contributed by atoms with Gasteiger partial charge in [-0.1, -0.05) is 59.8 Å². The Labute approximate surface area is 323 Å². The molecule has 11 heteroatoms. The van der Waals surface area contributed by atoms with E-state index >= 15 is 0 Å². The number of hydrogen-bond donors (Lipinski definition) is 2. The van der Waals surface area contributed by atoms with Crippen LogP contribution in [0.25, 0.3) is 0 Å². The average molecular weight is 762 g/mol. The molecule has 1 saturated heterocycles. The van der Waals surface area contributed by atoms with Gasteiger partial charge in [0.05, 0.1) is 11.9 Å². The fourth-order valence-electron chi connectivity index (χ4n) is 12.3. The molecule has 5 rings (SSSR count). The quantitative estimate of drug-likeness (QED) is 0.130. The van der Waals surface area contributed by atoms with E-state index in [9.17, 15) is 19.2 Å². The van der Waals surface area contributed by atoms with Gasteiger partial charge in [-0.2, -0.15) is 0 Å². The summed E-state index contributed by atoms with van der Waals surface area (Å²) in [5.74, 6) is 1.06. The number of piperidine rings is 1. The lowest BCUT2D eigenvalue weighted by molar-refractivity contribution is -0.272. The second kappa shape index (κ2) is 16.7. The van der Waals surface area contributed by atoms with Crippen molar-refractivity contribution in [1.82, 2.24) is 10.2 Å². The van der Waals surface area contributed by atoms with Crippen molar-refractivity contribution in [2.75, 3.05) is 39.0 Å². The molecule has 10 nitrogen and oxygen atoms in total. The van der Waals surface area contributed by atoms with Crippen LogP contribution in [0.5, 0.6) is 0 Å². The van der Waals surface area contributed by atoms with Crippen molar-refractivity contribution in [3.05, 3.63) is 0 Å². The SMILES string of the molecule is CO[C@@H]1CC[C@@]23C[C@@H]4C[C@@H](C)[C@@](C)([C@H](OC(=O)CSC5CCN(C(=O)CNC(=O)OC(C)(C)C)CC5)C[C@](C)(CCCCCCCCN)C(=O)[C@@H]2C)[C@]413. The molecule has 4 aliphatic carbocycles. The second-order valence-corrected chi connectivity index (χ2v) is 20.1. The Morgan fingerprint density at radius 3 is 2.26 bits per heavy atom. The Kier molecular flexibility index (Phi) is 13.3. The van der Waals surface area contributed by atoms with Crippen LogP contribution in [0.4, 0.5) is 4.79 Å². The van der Waals surface area contributed by atoms with E-state index in [1.807, 2.05) is 7.11 Å². The molecule has 4 saturated carbocycles. The molecule has 3 N–H and O–H groups in total. The summed E-state index contributed by atoms with van der Waals surface area (Å²) in [6.07, 6.45) is 12.8. The van der Waals surface area contributed by atoms with Crippen molar-refractivity contribution in [2.24, 2.45) is 45.1 Å². The molecule has 0 aromatic carbocycles. The number of esters is 1. The van der Waals surface area contributed by atoms with Crippen molar-refractivity contribution < 1.29 is 33.4 Å². The molecule has 1 spiro atoms. The fourth-order valence-corrected chi connectivity index (χ4v) is 13.3. The van der Waals surface area contributed by atoms with E-state index in [1.54, 1.807) is 37.4 Å². The maximum Gasteiger partial charge on any atom is 0.408 e. The van der Waals surface area contributed by atoms with Crippen LogP contribution in [-0.2, 0) is 28.6 Å². The van der Waals surface area contributed by atoms with E-state index in [-0.39, 0.29) is 63.8 Å². The summed E-state index contributed by atoms with van der Waals surface area (Å²) in [4.78, 5) is 55.4. The molecule has 0 bridgehead atoms. The van der Waals surface area contributed by atoms with Gasteiger partial charge in [0.2, 0.25) is 5.91 Å². The summed E-state index contributed by atoms with van der Waals surface area (Å²) in [6, 6.07) is 0. The summed E-state index contributed by atoms with van der Waals surface area (Å²) in [6.45, 7) is 16.3. The van der Waals surface area contributed by atoms with Gasteiger partial charge in [-0.15, -0.1) is 11.8 Å². The Hall–Kier alpha value is -1.85. The number of amides is 2. The van der Waals surface area contributed by atoms with Crippen molar-refractivity contribution >= 4 is 35.5 Å². The zero-order valence-corrected chi connectivity index (χ0v) is 35.0. The highest BCUT2D eigenvalue weighted by atomic mass is 32.2. The highest BCUT2D eigenvalue weighted by Crippen LogP contribution is 2.86. The van der Waals surface area contributed by atoms with E-state index in [0.29, 0.717) is 37.1 Å². The summed E-state index contributed by atoms with van der Waals surface area (Å²) < 4.78 is 18.4. The number of rotatable bonds is 15. The predicted octanol–water partition coefficient (Wildman–Crippen LogP) is 7.30. The lowest BCUT2D eigenvalue weighted by Crippen LogP contribution is -2.72. The lowest BCUT2D eigenvalue weighted by atomic mass is 9.33. The highest BCUT2D eigenvalue weighted by Gasteiger charge is 2.85. The van der Waals surface area contributed by atoms with Crippen LogP contribution in [0.2, 0.25) is 0 Å². The first kappa shape index (κ1) is 42.3. The standard InChI is InChI=1S/C42H71N3O7S/c1-28-23-30-24-41-19-15-32(50-8)42(30,41)40(28,7)33(25-39(6,36(48)29(41)2)18-13-11-9-10-12-14-20-43)51-35(47)27-53-31-16-21-45(22-17-31)34(46)26-44-37(49)52-38(3,4)5/h28-33H,9-27,43H2,1-8H3,(H,44,49)/t28-,29+,30+,32-,33-,39+,40+,41-,42+/m1/s1. The van der Waals surface area contributed by atoms with Gasteiger partial charge < -0.3 is 30.2 Å². The van der Waals surface area contributed by atoms with Crippen molar-refractivity contribution in [3.63, 3.8) is 0 Å². The highest BCUT2D eigenvalue weighted by molar-refractivity contribution is 8.00. The first-order valence-corrected chi connectivity index (χ1v) is 21.9. The minimum atomic E-state index is -0.626. The number of Topliss-reactive ketones (excluding diaryl/α,β-unsaturated/α-hetero) is 1. The third-order valence-corrected chi connectivity index (χ3v) is 16.2. The van der Waals surface area contributed by atoms with Crippen LogP contribution in [0.3, 0.4) is 0 Å². The number of alkyl carbamates (subject to hydrolysis) is 1. The molecule has 1 aliphatic heterocycles. The minimum Gasteiger partial charge on any atom is -0.461 e. The van der Waals surface area contributed by atoms with Gasteiger partial charge in [0.15, 0.2) is 0 Å². The zero-order valence-electron chi connectivity index (χ0n) is 34.2. The van der Waals surface area contributed by atoms with Gasteiger partial charge in [-0.3, -0.25) is 14.4 Å². The maximum absolute atomic E-state index is 14.9. The van der Waals surface area contributed by atoms with Gasteiger partial charge in [0.25, 0.3) is 0 Å². The zero-order chi connectivity index (χ0) is 38.8. The molecular formula is C42H71N3O7S. The number of nitrogens with one attached hydrogen (secondary N) is 1. The molecule has 0 aromatic heterocycles. The second-order valence-electron chi connectivity index (χ2n) is 18.8. The number of likely N-dealkylation sites (tertiary alicyclic amines) is 1. The van der Waals surface area contributed by atoms with Crippen molar-refractivity contribution in [1.29, 1.82) is 0 Å². The number of carbonyl (C=O) groups is 4. The summed E-state index contributed by atoms with van der Waals surface area (Å²) in [5, 5.41) is 2.80. The Balaban J connectivity index is 1.26. The predicted molar refractivity (Wildman–Crippen MR) is 209 cm³/mol. The van der Waals surface area contributed by atoms with Gasteiger partial charge in [-0.05, 0) is 102 Å². The topological polar surface area (TPSA) is 137 Å². The molecule has 5 fully saturated rings. The average Bonchev–Trinajstić information content (AvgIpc) is 3.47.